The van der Waals surface area contributed by atoms with Gasteiger partial charge in [0.1, 0.15) is 11.5 Å². The van der Waals surface area contributed by atoms with Crippen LogP contribution in [0.1, 0.15) is 24.0 Å². The molecule has 0 aliphatic carbocycles. The van der Waals surface area contributed by atoms with Crippen LogP contribution in [0.25, 0.3) is 0 Å². The highest BCUT2D eigenvalue weighted by Gasteiger charge is 2.27. The fourth-order valence-electron chi connectivity index (χ4n) is 3.81. The van der Waals surface area contributed by atoms with Gasteiger partial charge >= 0.3 is 0 Å². The van der Waals surface area contributed by atoms with E-state index in [1.807, 2.05) is 42.3 Å². The van der Waals surface area contributed by atoms with Crippen LogP contribution in [0.4, 0.5) is 0 Å². The van der Waals surface area contributed by atoms with Gasteiger partial charge in [-0.2, -0.15) is 0 Å². The van der Waals surface area contributed by atoms with E-state index < -0.39 is 0 Å². The molecule has 5 heteroatoms. The molecule has 1 saturated heterocycles. The van der Waals surface area contributed by atoms with E-state index in [0.29, 0.717) is 6.54 Å². The maximum Gasteiger partial charge on any atom is 0.225 e. The van der Waals surface area contributed by atoms with Crippen LogP contribution in [-0.2, 0) is 17.9 Å². The molecular formula is C23H30N2O3. The average molecular weight is 383 g/mol. The number of rotatable bonds is 7. The van der Waals surface area contributed by atoms with E-state index in [0.717, 1.165) is 49.5 Å². The fourth-order valence-corrected chi connectivity index (χ4v) is 3.81. The molecule has 28 heavy (non-hydrogen) atoms. The molecule has 0 atom stereocenters. The molecule has 0 spiro atoms. The van der Waals surface area contributed by atoms with Crippen molar-refractivity contribution in [3.63, 3.8) is 0 Å². The van der Waals surface area contributed by atoms with Crippen molar-refractivity contribution in [2.24, 2.45) is 5.92 Å². The molecule has 0 radical (unpaired) electrons. The van der Waals surface area contributed by atoms with Gasteiger partial charge in [0.25, 0.3) is 0 Å². The standard InChI is InChI=1S/C23H30N2O3/c1-24(16-18-7-5-4-6-8-18)23(26)19-11-13-25(14-12-19)17-20-9-10-21(27-2)15-22(20)28-3/h4-10,15,19H,11-14,16-17H2,1-3H3. The van der Waals surface area contributed by atoms with Crippen molar-refractivity contribution in [3.05, 3.63) is 59.7 Å². The van der Waals surface area contributed by atoms with Crippen LogP contribution in [0.3, 0.4) is 0 Å². The lowest BCUT2D eigenvalue weighted by atomic mass is 9.94. The quantitative estimate of drug-likeness (QED) is 0.734. The summed E-state index contributed by atoms with van der Waals surface area (Å²) in [7, 11) is 5.25. The van der Waals surface area contributed by atoms with Gasteiger partial charge in [0.05, 0.1) is 14.2 Å². The average Bonchev–Trinajstić information content (AvgIpc) is 2.74. The van der Waals surface area contributed by atoms with Gasteiger partial charge in [-0.05, 0) is 37.6 Å². The van der Waals surface area contributed by atoms with Gasteiger partial charge in [-0.15, -0.1) is 0 Å². The molecule has 0 N–H and O–H groups in total. The number of ether oxygens (including phenoxy) is 2. The fraction of sp³-hybridized carbons (Fsp3) is 0.435. The van der Waals surface area contributed by atoms with Crippen molar-refractivity contribution >= 4 is 5.91 Å². The van der Waals surface area contributed by atoms with Gasteiger partial charge in [-0.1, -0.05) is 36.4 Å². The van der Waals surface area contributed by atoms with Crippen molar-refractivity contribution in [1.29, 1.82) is 0 Å². The molecule has 0 unspecified atom stereocenters. The summed E-state index contributed by atoms with van der Waals surface area (Å²) in [5, 5.41) is 0. The van der Waals surface area contributed by atoms with Gasteiger partial charge in [0, 0.05) is 37.7 Å². The Morgan fingerprint density at radius 2 is 1.79 bits per heavy atom. The van der Waals surface area contributed by atoms with E-state index in [1.54, 1.807) is 14.2 Å². The lowest BCUT2D eigenvalue weighted by molar-refractivity contribution is -0.136. The second-order valence-corrected chi connectivity index (χ2v) is 7.41. The minimum Gasteiger partial charge on any atom is -0.497 e. The first-order valence-electron chi connectivity index (χ1n) is 9.83. The Kier molecular flexibility index (Phi) is 6.93. The van der Waals surface area contributed by atoms with Crippen molar-refractivity contribution in [2.75, 3.05) is 34.4 Å². The normalized spacial score (nSPS) is 15.2. The van der Waals surface area contributed by atoms with Gasteiger partial charge in [-0.25, -0.2) is 0 Å². The van der Waals surface area contributed by atoms with Crippen LogP contribution in [0.15, 0.2) is 48.5 Å². The van der Waals surface area contributed by atoms with E-state index in [4.69, 9.17) is 9.47 Å². The Labute approximate surface area is 167 Å². The van der Waals surface area contributed by atoms with Crippen LogP contribution in [-0.4, -0.2) is 50.1 Å². The number of hydrogen-bond acceptors (Lipinski definition) is 4. The molecule has 0 bridgehead atoms. The number of carbonyl (C=O) groups is 1. The van der Waals surface area contributed by atoms with Crippen molar-refractivity contribution in [3.8, 4) is 11.5 Å². The minimum atomic E-state index is 0.114. The zero-order valence-corrected chi connectivity index (χ0v) is 17.1. The largest absolute Gasteiger partial charge is 0.497 e. The molecule has 2 aromatic rings. The lowest BCUT2D eigenvalue weighted by Gasteiger charge is -2.33. The topological polar surface area (TPSA) is 42.0 Å². The third kappa shape index (κ3) is 5.04. The number of likely N-dealkylation sites (tertiary alicyclic amines) is 1. The van der Waals surface area contributed by atoms with Crippen LogP contribution in [0, 0.1) is 5.92 Å². The summed E-state index contributed by atoms with van der Waals surface area (Å²) in [6.07, 6.45) is 1.80. The Morgan fingerprint density at radius 1 is 1.07 bits per heavy atom. The second-order valence-electron chi connectivity index (χ2n) is 7.41. The number of methoxy groups -OCH3 is 2. The molecule has 3 rings (SSSR count). The highest BCUT2D eigenvalue weighted by atomic mass is 16.5. The summed E-state index contributed by atoms with van der Waals surface area (Å²) in [4.78, 5) is 17.1. The minimum absolute atomic E-state index is 0.114. The molecule has 2 aromatic carbocycles. The Hall–Kier alpha value is -2.53. The monoisotopic (exact) mass is 382 g/mol. The van der Waals surface area contributed by atoms with E-state index in [2.05, 4.69) is 23.1 Å². The van der Waals surface area contributed by atoms with Crippen LogP contribution in [0.5, 0.6) is 11.5 Å². The maximum absolute atomic E-state index is 12.8. The highest BCUT2D eigenvalue weighted by molar-refractivity contribution is 5.78. The van der Waals surface area contributed by atoms with Crippen molar-refractivity contribution in [1.82, 2.24) is 9.80 Å². The molecule has 5 nitrogen and oxygen atoms in total. The first-order valence-corrected chi connectivity index (χ1v) is 9.83. The van der Waals surface area contributed by atoms with E-state index in [9.17, 15) is 4.79 Å². The molecule has 1 heterocycles. The Balaban J connectivity index is 1.52. The summed E-state index contributed by atoms with van der Waals surface area (Å²) < 4.78 is 10.8. The van der Waals surface area contributed by atoms with Gasteiger partial charge in [0.15, 0.2) is 0 Å². The first kappa shape index (κ1) is 20.2. The van der Waals surface area contributed by atoms with E-state index >= 15 is 0 Å². The lowest BCUT2D eigenvalue weighted by Crippen LogP contribution is -2.40. The summed E-state index contributed by atoms with van der Waals surface area (Å²) in [5.41, 5.74) is 2.32. The molecule has 1 fully saturated rings. The number of amides is 1. The van der Waals surface area contributed by atoms with Crippen molar-refractivity contribution < 1.29 is 14.3 Å². The predicted molar refractivity (Wildman–Crippen MR) is 110 cm³/mol. The SMILES string of the molecule is COc1ccc(CN2CCC(C(=O)N(C)Cc3ccccc3)CC2)c(OC)c1. The van der Waals surface area contributed by atoms with Gasteiger partial charge in [-0.3, -0.25) is 9.69 Å². The molecular weight excluding hydrogens is 352 g/mol. The zero-order valence-electron chi connectivity index (χ0n) is 17.1. The summed E-state index contributed by atoms with van der Waals surface area (Å²) >= 11 is 0. The molecule has 150 valence electrons. The Morgan fingerprint density at radius 3 is 2.43 bits per heavy atom. The number of benzene rings is 2. The smallest absolute Gasteiger partial charge is 0.225 e. The van der Waals surface area contributed by atoms with Gasteiger partial charge < -0.3 is 14.4 Å². The van der Waals surface area contributed by atoms with Gasteiger partial charge in [0.2, 0.25) is 5.91 Å². The molecule has 0 saturated carbocycles. The maximum atomic E-state index is 12.8. The summed E-state index contributed by atoms with van der Waals surface area (Å²) in [5.74, 6) is 2.01. The summed E-state index contributed by atoms with van der Waals surface area (Å²) in [6.45, 7) is 3.34. The highest BCUT2D eigenvalue weighted by Crippen LogP contribution is 2.28. The third-order valence-electron chi connectivity index (χ3n) is 5.46. The van der Waals surface area contributed by atoms with Crippen LogP contribution < -0.4 is 9.47 Å². The molecule has 1 amide bonds. The number of carbonyl (C=O) groups excluding carboxylic acids is 1. The van der Waals surface area contributed by atoms with E-state index in [1.165, 1.54) is 5.56 Å². The van der Waals surface area contributed by atoms with Crippen molar-refractivity contribution in [2.45, 2.75) is 25.9 Å². The predicted octanol–water partition coefficient (Wildman–Crippen LogP) is 3.57. The number of piperidine rings is 1. The van der Waals surface area contributed by atoms with E-state index in [-0.39, 0.29) is 11.8 Å². The Bertz CT molecular complexity index is 771. The molecule has 1 aliphatic rings. The molecule has 1 aliphatic heterocycles. The molecule has 0 aromatic heterocycles. The second kappa shape index (κ2) is 9.60. The zero-order chi connectivity index (χ0) is 19.9. The van der Waals surface area contributed by atoms with Crippen LogP contribution in [0.2, 0.25) is 0 Å². The van der Waals surface area contributed by atoms with Crippen LogP contribution >= 0.6 is 0 Å². The first-order chi connectivity index (χ1) is 13.6. The summed E-state index contributed by atoms with van der Waals surface area (Å²) in [6, 6.07) is 16.1. The third-order valence-corrected chi connectivity index (χ3v) is 5.46. The number of nitrogens with zero attached hydrogens (tertiary/aromatic N) is 2. The number of hydrogen-bond donors (Lipinski definition) is 0.